The van der Waals surface area contributed by atoms with Crippen LogP contribution in [0.15, 0.2) is 24.3 Å². The third kappa shape index (κ3) is 1.62. The van der Waals surface area contributed by atoms with Crippen LogP contribution in [0.25, 0.3) is 0 Å². The second-order valence-corrected chi connectivity index (χ2v) is 3.43. The standard InChI is InChI=1S/C12H11NO/c1-2-9-4-3-5-10(8-9)11-6-7-12(14)13-11/h1,3-5,8,11H,6-7H2,(H,13,14)/t11-/m0/s1. The molecule has 0 radical (unpaired) electrons. The molecule has 1 N–H and O–H groups in total. The van der Waals surface area contributed by atoms with Crippen molar-refractivity contribution in [1.29, 1.82) is 0 Å². The highest BCUT2D eigenvalue weighted by Gasteiger charge is 2.21. The number of amides is 1. The maximum Gasteiger partial charge on any atom is 0.220 e. The quantitative estimate of drug-likeness (QED) is 0.662. The number of hydrogen-bond acceptors (Lipinski definition) is 1. The van der Waals surface area contributed by atoms with Gasteiger partial charge in [0.15, 0.2) is 0 Å². The normalized spacial score (nSPS) is 20.2. The first-order valence-corrected chi connectivity index (χ1v) is 4.65. The van der Waals surface area contributed by atoms with Gasteiger partial charge in [-0.3, -0.25) is 4.79 Å². The zero-order valence-corrected chi connectivity index (χ0v) is 7.79. The molecule has 1 heterocycles. The first-order valence-electron chi connectivity index (χ1n) is 4.65. The smallest absolute Gasteiger partial charge is 0.220 e. The first-order chi connectivity index (χ1) is 6.79. The average molecular weight is 185 g/mol. The maximum atomic E-state index is 11.0. The Balaban J connectivity index is 2.24. The van der Waals surface area contributed by atoms with Gasteiger partial charge in [-0.2, -0.15) is 0 Å². The molecule has 0 spiro atoms. The lowest BCUT2D eigenvalue weighted by Gasteiger charge is -2.10. The molecule has 0 aromatic heterocycles. The largest absolute Gasteiger partial charge is 0.349 e. The first kappa shape index (κ1) is 8.83. The second-order valence-electron chi connectivity index (χ2n) is 3.43. The lowest BCUT2D eigenvalue weighted by molar-refractivity contribution is -0.119. The van der Waals surface area contributed by atoms with Crippen molar-refractivity contribution in [2.75, 3.05) is 0 Å². The van der Waals surface area contributed by atoms with Gasteiger partial charge in [-0.25, -0.2) is 0 Å². The van der Waals surface area contributed by atoms with E-state index in [0.29, 0.717) is 6.42 Å². The molecule has 1 amide bonds. The summed E-state index contributed by atoms with van der Waals surface area (Å²) >= 11 is 0. The lowest BCUT2D eigenvalue weighted by Crippen LogP contribution is -2.18. The summed E-state index contributed by atoms with van der Waals surface area (Å²) in [5.41, 5.74) is 1.97. The second kappa shape index (κ2) is 3.55. The van der Waals surface area contributed by atoms with Gasteiger partial charge in [0.25, 0.3) is 0 Å². The molecule has 70 valence electrons. The van der Waals surface area contributed by atoms with E-state index in [1.807, 2.05) is 24.3 Å². The van der Waals surface area contributed by atoms with Crippen molar-refractivity contribution in [3.8, 4) is 12.3 Å². The minimum Gasteiger partial charge on any atom is -0.349 e. The highest BCUT2D eigenvalue weighted by molar-refractivity contribution is 5.78. The zero-order valence-electron chi connectivity index (χ0n) is 7.79. The molecule has 0 bridgehead atoms. The van der Waals surface area contributed by atoms with Gasteiger partial charge in [-0.05, 0) is 24.1 Å². The molecule has 1 aromatic carbocycles. The van der Waals surface area contributed by atoms with Crippen molar-refractivity contribution in [1.82, 2.24) is 5.32 Å². The minimum atomic E-state index is 0.126. The topological polar surface area (TPSA) is 29.1 Å². The molecule has 0 unspecified atom stereocenters. The summed E-state index contributed by atoms with van der Waals surface area (Å²) in [6.07, 6.45) is 6.79. The summed E-state index contributed by atoms with van der Waals surface area (Å²) in [7, 11) is 0. The van der Waals surface area contributed by atoms with Crippen LogP contribution in [0, 0.1) is 12.3 Å². The molecule has 0 saturated carbocycles. The van der Waals surface area contributed by atoms with E-state index in [9.17, 15) is 4.79 Å². The summed E-state index contributed by atoms with van der Waals surface area (Å²) in [4.78, 5) is 11.0. The van der Waals surface area contributed by atoms with Crippen LogP contribution in [0.1, 0.15) is 30.0 Å². The fourth-order valence-electron chi connectivity index (χ4n) is 1.71. The fourth-order valence-corrected chi connectivity index (χ4v) is 1.71. The molecule has 1 aliphatic rings. The van der Waals surface area contributed by atoms with E-state index in [-0.39, 0.29) is 11.9 Å². The summed E-state index contributed by atoms with van der Waals surface area (Å²) in [5, 5.41) is 2.91. The van der Waals surface area contributed by atoms with E-state index in [4.69, 9.17) is 6.42 Å². The fraction of sp³-hybridized carbons (Fsp3) is 0.250. The predicted molar refractivity (Wildman–Crippen MR) is 54.5 cm³/mol. The van der Waals surface area contributed by atoms with Crippen molar-refractivity contribution in [2.24, 2.45) is 0 Å². The molecule has 14 heavy (non-hydrogen) atoms. The molecular formula is C12H11NO. The monoisotopic (exact) mass is 185 g/mol. The Morgan fingerprint density at radius 1 is 1.50 bits per heavy atom. The molecule has 2 rings (SSSR count). The van der Waals surface area contributed by atoms with Gasteiger partial charge in [0.05, 0.1) is 6.04 Å². The minimum absolute atomic E-state index is 0.126. The van der Waals surface area contributed by atoms with Crippen LogP contribution in [0.5, 0.6) is 0 Å². The van der Waals surface area contributed by atoms with Crippen LogP contribution in [0.2, 0.25) is 0 Å². The van der Waals surface area contributed by atoms with Crippen LogP contribution in [-0.2, 0) is 4.79 Å². The van der Waals surface area contributed by atoms with E-state index < -0.39 is 0 Å². The van der Waals surface area contributed by atoms with Crippen molar-refractivity contribution in [3.05, 3.63) is 35.4 Å². The lowest BCUT2D eigenvalue weighted by atomic mass is 10.0. The molecule has 2 heteroatoms. The molecular weight excluding hydrogens is 174 g/mol. The average Bonchev–Trinajstić information content (AvgIpc) is 2.65. The number of hydrogen-bond donors (Lipinski definition) is 1. The number of nitrogens with one attached hydrogen (secondary N) is 1. The van der Waals surface area contributed by atoms with E-state index >= 15 is 0 Å². The molecule has 1 aromatic rings. The molecule has 1 saturated heterocycles. The van der Waals surface area contributed by atoms with Gasteiger partial charge in [0.1, 0.15) is 0 Å². The highest BCUT2D eigenvalue weighted by Crippen LogP contribution is 2.23. The Morgan fingerprint density at radius 3 is 3.00 bits per heavy atom. The van der Waals surface area contributed by atoms with Gasteiger partial charge >= 0.3 is 0 Å². The van der Waals surface area contributed by atoms with Crippen LogP contribution in [-0.4, -0.2) is 5.91 Å². The predicted octanol–water partition coefficient (Wildman–Crippen LogP) is 1.62. The Bertz CT molecular complexity index is 403. The van der Waals surface area contributed by atoms with Crippen molar-refractivity contribution >= 4 is 5.91 Å². The van der Waals surface area contributed by atoms with Crippen LogP contribution in [0.4, 0.5) is 0 Å². The van der Waals surface area contributed by atoms with Crippen LogP contribution in [0.3, 0.4) is 0 Å². The summed E-state index contributed by atoms with van der Waals surface area (Å²) in [6, 6.07) is 7.92. The van der Waals surface area contributed by atoms with Crippen molar-refractivity contribution in [2.45, 2.75) is 18.9 Å². The van der Waals surface area contributed by atoms with Gasteiger partial charge in [-0.15, -0.1) is 6.42 Å². The Kier molecular flexibility index (Phi) is 2.24. The Morgan fingerprint density at radius 2 is 2.36 bits per heavy atom. The Labute approximate surface area is 83.3 Å². The van der Waals surface area contributed by atoms with Gasteiger partial charge < -0.3 is 5.32 Å². The SMILES string of the molecule is C#Cc1cccc([C@@H]2CCC(=O)N2)c1. The van der Waals surface area contributed by atoms with Crippen molar-refractivity contribution < 1.29 is 4.79 Å². The molecule has 1 fully saturated rings. The van der Waals surface area contributed by atoms with Gasteiger partial charge in [-0.1, -0.05) is 18.1 Å². The van der Waals surface area contributed by atoms with E-state index in [2.05, 4.69) is 11.2 Å². The molecule has 1 aliphatic heterocycles. The summed E-state index contributed by atoms with van der Waals surface area (Å²) < 4.78 is 0. The molecule has 2 nitrogen and oxygen atoms in total. The number of carbonyl (C=O) groups excluding carboxylic acids is 1. The number of carbonyl (C=O) groups is 1. The Hall–Kier alpha value is -1.75. The molecule has 0 aliphatic carbocycles. The van der Waals surface area contributed by atoms with Crippen molar-refractivity contribution in [3.63, 3.8) is 0 Å². The van der Waals surface area contributed by atoms with E-state index in [1.54, 1.807) is 0 Å². The van der Waals surface area contributed by atoms with Gasteiger partial charge in [0, 0.05) is 12.0 Å². The number of rotatable bonds is 1. The molecule has 1 atom stereocenters. The zero-order chi connectivity index (χ0) is 9.97. The summed E-state index contributed by atoms with van der Waals surface area (Å²) in [5.74, 6) is 2.72. The summed E-state index contributed by atoms with van der Waals surface area (Å²) in [6.45, 7) is 0. The van der Waals surface area contributed by atoms with Crippen LogP contribution < -0.4 is 5.32 Å². The van der Waals surface area contributed by atoms with Gasteiger partial charge in [0.2, 0.25) is 5.91 Å². The highest BCUT2D eigenvalue weighted by atomic mass is 16.1. The maximum absolute atomic E-state index is 11.0. The number of terminal acetylenes is 1. The third-order valence-electron chi connectivity index (χ3n) is 2.45. The van der Waals surface area contributed by atoms with E-state index in [0.717, 1.165) is 17.5 Å². The third-order valence-corrected chi connectivity index (χ3v) is 2.45. The number of benzene rings is 1. The van der Waals surface area contributed by atoms with E-state index in [1.165, 1.54) is 0 Å². The van der Waals surface area contributed by atoms with Crippen LogP contribution >= 0.6 is 0 Å².